The van der Waals surface area contributed by atoms with Gasteiger partial charge >= 0.3 is 0 Å². The molecule has 0 aromatic heterocycles. The first-order valence-electron chi connectivity index (χ1n) is 8.95. The molecule has 0 bridgehead atoms. The second kappa shape index (κ2) is 8.58. The van der Waals surface area contributed by atoms with Crippen LogP contribution in [0.1, 0.15) is 56.7 Å². The minimum absolute atomic E-state index is 0.607. The van der Waals surface area contributed by atoms with Gasteiger partial charge in [-0.3, -0.25) is 0 Å². The van der Waals surface area contributed by atoms with Crippen molar-refractivity contribution < 1.29 is 0 Å². The van der Waals surface area contributed by atoms with Crippen LogP contribution >= 0.6 is 11.8 Å². The van der Waals surface area contributed by atoms with Crippen molar-refractivity contribution in [3.8, 4) is 6.07 Å². The summed E-state index contributed by atoms with van der Waals surface area (Å²) in [5, 5.41) is 10.3. The van der Waals surface area contributed by atoms with Crippen LogP contribution in [0.25, 0.3) is 0 Å². The van der Waals surface area contributed by atoms with Gasteiger partial charge in [-0.1, -0.05) is 45.4 Å². The largest absolute Gasteiger partial charge is 0.347 e. The highest BCUT2D eigenvalue weighted by atomic mass is 32.2. The summed E-state index contributed by atoms with van der Waals surface area (Å²) in [6.45, 7) is 11.9. The van der Waals surface area contributed by atoms with E-state index >= 15 is 0 Å². The Kier molecular flexibility index (Phi) is 6.74. The quantitative estimate of drug-likeness (QED) is 0.691. The van der Waals surface area contributed by atoms with Crippen molar-refractivity contribution in [1.29, 1.82) is 5.26 Å². The van der Waals surface area contributed by atoms with Gasteiger partial charge in [0.1, 0.15) is 0 Å². The van der Waals surface area contributed by atoms with Gasteiger partial charge in [-0.2, -0.15) is 5.26 Å². The maximum Gasteiger partial charge on any atom is 0.164 e. The molecule has 0 spiro atoms. The fourth-order valence-electron chi connectivity index (χ4n) is 3.04. The van der Waals surface area contributed by atoms with Gasteiger partial charge < -0.3 is 4.90 Å². The SMILES string of the molecule is CCCCC1CS/C(=N\c2cc(C)c(C#N)cc2C)N1CC(C)C. The Bertz CT molecular complexity index is 643. The maximum absolute atomic E-state index is 9.18. The number of hydrogen-bond acceptors (Lipinski definition) is 3. The van der Waals surface area contributed by atoms with E-state index in [1.54, 1.807) is 0 Å². The molecule has 1 saturated heterocycles. The highest BCUT2D eigenvalue weighted by Crippen LogP contribution is 2.32. The molecule has 2 rings (SSSR count). The maximum atomic E-state index is 9.18. The van der Waals surface area contributed by atoms with Crippen LogP contribution in [0.5, 0.6) is 0 Å². The zero-order valence-corrected chi connectivity index (χ0v) is 16.4. The highest BCUT2D eigenvalue weighted by molar-refractivity contribution is 8.14. The Labute approximate surface area is 151 Å². The van der Waals surface area contributed by atoms with Crippen LogP contribution in [0.15, 0.2) is 17.1 Å². The Balaban J connectivity index is 2.30. The first-order chi connectivity index (χ1) is 11.5. The lowest BCUT2D eigenvalue weighted by molar-refractivity contribution is 0.295. The molecule has 130 valence electrons. The average Bonchev–Trinajstić information content (AvgIpc) is 2.89. The number of nitrogens with zero attached hydrogens (tertiary/aromatic N) is 3. The number of aliphatic imine (C=N–C) groups is 1. The second-order valence-corrected chi connectivity index (χ2v) is 8.10. The molecule has 1 aliphatic heterocycles. The summed E-state index contributed by atoms with van der Waals surface area (Å²) >= 11 is 1.88. The molecule has 0 N–H and O–H groups in total. The number of unbranched alkanes of at least 4 members (excludes halogenated alkanes) is 1. The van der Waals surface area contributed by atoms with Gasteiger partial charge in [0.15, 0.2) is 5.17 Å². The predicted molar refractivity (Wildman–Crippen MR) is 105 cm³/mol. The number of rotatable bonds is 6. The molecular weight excluding hydrogens is 314 g/mol. The van der Waals surface area contributed by atoms with E-state index in [9.17, 15) is 5.26 Å². The normalized spacial score (nSPS) is 19.3. The minimum Gasteiger partial charge on any atom is -0.347 e. The Morgan fingerprint density at radius 2 is 2.08 bits per heavy atom. The van der Waals surface area contributed by atoms with Crippen LogP contribution in [-0.2, 0) is 0 Å². The number of amidine groups is 1. The van der Waals surface area contributed by atoms with Crippen LogP contribution in [-0.4, -0.2) is 28.4 Å². The van der Waals surface area contributed by atoms with E-state index < -0.39 is 0 Å². The molecule has 0 aliphatic carbocycles. The van der Waals surface area contributed by atoms with Gasteiger partial charge in [0.05, 0.1) is 17.3 Å². The Morgan fingerprint density at radius 3 is 2.71 bits per heavy atom. The van der Waals surface area contributed by atoms with Crippen LogP contribution in [0.4, 0.5) is 5.69 Å². The van der Waals surface area contributed by atoms with Crippen molar-refractivity contribution in [3.05, 3.63) is 28.8 Å². The van der Waals surface area contributed by atoms with E-state index in [1.807, 2.05) is 37.7 Å². The summed E-state index contributed by atoms with van der Waals surface area (Å²) in [5.41, 5.74) is 3.82. The lowest BCUT2D eigenvalue weighted by atomic mass is 10.0. The first-order valence-corrected chi connectivity index (χ1v) is 9.94. The number of thioether (sulfide) groups is 1. The molecule has 1 atom stereocenters. The Morgan fingerprint density at radius 1 is 1.33 bits per heavy atom. The van der Waals surface area contributed by atoms with E-state index in [2.05, 4.69) is 31.7 Å². The van der Waals surface area contributed by atoms with Gasteiger partial charge in [-0.25, -0.2) is 4.99 Å². The highest BCUT2D eigenvalue weighted by Gasteiger charge is 2.30. The first kappa shape index (κ1) is 18.9. The third kappa shape index (κ3) is 4.54. The molecule has 3 nitrogen and oxygen atoms in total. The van der Waals surface area contributed by atoms with Gasteiger partial charge in [0, 0.05) is 18.3 Å². The summed E-state index contributed by atoms with van der Waals surface area (Å²) in [5.74, 6) is 1.77. The smallest absolute Gasteiger partial charge is 0.164 e. The molecule has 1 aromatic carbocycles. The molecule has 1 heterocycles. The van der Waals surface area contributed by atoms with Gasteiger partial charge in [-0.15, -0.1) is 0 Å². The number of benzene rings is 1. The van der Waals surface area contributed by atoms with Crippen molar-refractivity contribution in [3.63, 3.8) is 0 Å². The van der Waals surface area contributed by atoms with Gasteiger partial charge in [-0.05, 0) is 49.4 Å². The number of hydrogen-bond donors (Lipinski definition) is 0. The molecule has 1 aromatic rings. The zero-order chi connectivity index (χ0) is 17.7. The molecule has 0 saturated carbocycles. The van der Waals surface area contributed by atoms with E-state index in [0.29, 0.717) is 12.0 Å². The topological polar surface area (TPSA) is 39.4 Å². The summed E-state index contributed by atoms with van der Waals surface area (Å²) in [4.78, 5) is 7.49. The van der Waals surface area contributed by atoms with Crippen molar-refractivity contribution >= 4 is 22.6 Å². The van der Waals surface area contributed by atoms with Gasteiger partial charge in [0.2, 0.25) is 0 Å². The number of aryl methyl sites for hydroxylation is 2. The summed E-state index contributed by atoms with van der Waals surface area (Å²) in [7, 11) is 0. The van der Waals surface area contributed by atoms with Crippen LogP contribution in [0.2, 0.25) is 0 Å². The molecular formula is C20H29N3S. The molecule has 0 radical (unpaired) electrons. The van der Waals surface area contributed by atoms with Crippen LogP contribution < -0.4 is 0 Å². The molecule has 1 aliphatic rings. The van der Waals surface area contributed by atoms with E-state index in [-0.39, 0.29) is 0 Å². The third-order valence-electron chi connectivity index (χ3n) is 4.42. The van der Waals surface area contributed by atoms with Crippen molar-refractivity contribution in [1.82, 2.24) is 4.90 Å². The van der Waals surface area contributed by atoms with Crippen molar-refractivity contribution in [2.24, 2.45) is 10.9 Å². The average molecular weight is 344 g/mol. The van der Waals surface area contributed by atoms with Crippen LogP contribution in [0.3, 0.4) is 0 Å². The standard InChI is InChI=1S/C20H29N3S/c1-6-7-8-18-13-24-20(23(18)12-14(2)3)22-19-10-15(4)17(11-21)9-16(19)5/h9-10,14,18H,6-8,12-13H2,1-5H3/b22-20-. The van der Waals surface area contributed by atoms with E-state index in [0.717, 1.165) is 39.8 Å². The lowest BCUT2D eigenvalue weighted by Crippen LogP contribution is -2.36. The monoisotopic (exact) mass is 343 g/mol. The summed E-state index contributed by atoms with van der Waals surface area (Å²) in [6.07, 6.45) is 3.78. The Hall–Kier alpha value is -1.47. The van der Waals surface area contributed by atoms with Crippen molar-refractivity contribution in [2.45, 2.75) is 59.9 Å². The summed E-state index contributed by atoms with van der Waals surface area (Å²) < 4.78 is 0. The second-order valence-electron chi connectivity index (χ2n) is 7.11. The predicted octanol–water partition coefficient (Wildman–Crippen LogP) is 5.43. The van der Waals surface area contributed by atoms with E-state index in [1.165, 1.54) is 19.3 Å². The van der Waals surface area contributed by atoms with Gasteiger partial charge in [0.25, 0.3) is 0 Å². The molecule has 24 heavy (non-hydrogen) atoms. The third-order valence-corrected chi connectivity index (χ3v) is 5.56. The van der Waals surface area contributed by atoms with Crippen LogP contribution in [0, 0.1) is 31.1 Å². The summed E-state index contributed by atoms with van der Waals surface area (Å²) in [6, 6.07) is 6.87. The lowest BCUT2D eigenvalue weighted by Gasteiger charge is -2.27. The molecule has 1 fully saturated rings. The zero-order valence-electron chi connectivity index (χ0n) is 15.6. The molecule has 1 unspecified atom stereocenters. The molecule has 4 heteroatoms. The number of nitriles is 1. The molecule has 0 amide bonds. The fourth-order valence-corrected chi connectivity index (χ4v) is 4.28. The minimum atomic E-state index is 0.607. The fraction of sp³-hybridized carbons (Fsp3) is 0.600. The van der Waals surface area contributed by atoms with E-state index in [4.69, 9.17) is 4.99 Å². The van der Waals surface area contributed by atoms with Crippen molar-refractivity contribution in [2.75, 3.05) is 12.3 Å².